The van der Waals surface area contributed by atoms with Gasteiger partial charge in [0.25, 0.3) is 11.5 Å². The first-order valence-corrected chi connectivity index (χ1v) is 7.07. The van der Waals surface area contributed by atoms with Gasteiger partial charge >= 0.3 is 0 Å². The fourth-order valence-electron chi connectivity index (χ4n) is 2.61. The molecule has 20 heavy (non-hydrogen) atoms. The normalized spacial score (nSPS) is 18.8. The molecular formula is C14H21N3O3. The van der Waals surface area contributed by atoms with Crippen molar-refractivity contribution < 1.29 is 9.90 Å². The summed E-state index contributed by atoms with van der Waals surface area (Å²) in [6.07, 6.45) is 2.87. The van der Waals surface area contributed by atoms with Gasteiger partial charge in [-0.3, -0.25) is 14.6 Å². The van der Waals surface area contributed by atoms with E-state index in [4.69, 9.17) is 0 Å². The lowest BCUT2D eigenvalue weighted by molar-refractivity contribution is 0.0648. The van der Waals surface area contributed by atoms with E-state index >= 15 is 0 Å². The van der Waals surface area contributed by atoms with Crippen molar-refractivity contribution in [3.8, 4) is 5.88 Å². The van der Waals surface area contributed by atoms with Crippen LogP contribution in [0.3, 0.4) is 0 Å². The third kappa shape index (κ3) is 3.39. The van der Waals surface area contributed by atoms with Crippen molar-refractivity contribution in [2.24, 2.45) is 0 Å². The number of aromatic hydroxyl groups is 1. The SMILES string of the molecule is CCCN(C(=O)c1cc(O)[nH]c(=O)c1)C1CCCNC1. The molecule has 3 N–H and O–H groups in total. The number of aromatic amines is 1. The molecule has 1 atom stereocenters. The van der Waals surface area contributed by atoms with Gasteiger partial charge < -0.3 is 15.3 Å². The van der Waals surface area contributed by atoms with Crippen molar-refractivity contribution in [2.45, 2.75) is 32.2 Å². The van der Waals surface area contributed by atoms with Crippen molar-refractivity contribution in [3.63, 3.8) is 0 Å². The minimum absolute atomic E-state index is 0.151. The van der Waals surface area contributed by atoms with Gasteiger partial charge in [0.2, 0.25) is 0 Å². The quantitative estimate of drug-likeness (QED) is 0.757. The highest BCUT2D eigenvalue weighted by atomic mass is 16.3. The van der Waals surface area contributed by atoms with Crippen molar-refractivity contribution in [2.75, 3.05) is 19.6 Å². The van der Waals surface area contributed by atoms with Crippen molar-refractivity contribution in [1.82, 2.24) is 15.2 Å². The molecule has 0 aliphatic carbocycles. The fourth-order valence-corrected chi connectivity index (χ4v) is 2.61. The van der Waals surface area contributed by atoms with Gasteiger partial charge in [-0.05, 0) is 25.8 Å². The molecule has 110 valence electrons. The van der Waals surface area contributed by atoms with Crippen LogP contribution in [-0.2, 0) is 0 Å². The Morgan fingerprint density at radius 2 is 2.30 bits per heavy atom. The Balaban J connectivity index is 2.23. The number of nitrogens with zero attached hydrogens (tertiary/aromatic N) is 1. The topological polar surface area (TPSA) is 85.4 Å². The Morgan fingerprint density at radius 3 is 2.90 bits per heavy atom. The lowest BCUT2D eigenvalue weighted by Gasteiger charge is -2.34. The largest absolute Gasteiger partial charge is 0.494 e. The van der Waals surface area contributed by atoms with Crippen LogP contribution in [0.1, 0.15) is 36.5 Å². The zero-order valence-corrected chi connectivity index (χ0v) is 11.7. The highest BCUT2D eigenvalue weighted by molar-refractivity contribution is 5.94. The number of piperidine rings is 1. The smallest absolute Gasteiger partial charge is 0.254 e. The first-order chi connectivity index (χ1) is 9.61. The first-order valence-electron chi connectivity index (χ1n) is 7.07. The maximum atomic E-state index is 12.6. The number of nitrogens with one attached hydrogen (secondary N) is 2. The second kappa shape index (κ2) is 6.56. The van der Waals surface area contributed by atoms with E-state index in [1.807, 2.05) is 6.92 Å². The molecule has 1 aliphatic rings. The summed E-state index contributed by atoms with van der Waals surface area (Å²) < 4.78 is 0. The molecule has 0 spiro atoms. The Morgan fingerprint density at radius 1 is 1.50 bits per heavy atom. The van der Waals surface area contributed by atoms with Crippen LogP contribution in [0.25, 0.3) is 0 Å². The zero-order chi connectivity index (χ0) is 14.5. The summed E-state index contributed by atoms with van der Waals surface area (Å²) in [6.45, 7) is 4.43. The maximum absolute atomic E-state index is 12.6. The number of amides is 1. The molecule has 6 heteroatoms. The Labute approximate surface area is 117 Å². The molecule has 6 nitrogen and oxygen atoms in total. The number of aromatic nitrogens is 1. The van der Waals surface area contributed by atoms with Gasteiger partial charge in [-0.25, -0.2) is 0 Å². The lowest BCUT2D eigenvalue weighted by atomic mass is 10.0. The van der Waals surface area contributed by atoms with Gasteiger partial charge in [0.05, 0.1) is 5.56 Å². The number of rotatable bonds is 4. The number of carbonyl (C=O) groups excluding carboxylic acids is 1. The first kappa shape index (κ1) is 14.6. The molecule has 1 fully saturated rings. The summed E-state index contributed by atoms with van der Waals surface area (Å²) >= 11 is 0. The average molecular weight is 279 g/mol. The molecule has 1 amide bonds. The second-order valence-electron chi connectivity index (χ2n) is 5.12. The van der Waals surface area contributed by atoms with Gasteiger partial charge in [0, 0.05) is 31.3 Å². The third-order valence-corrected chi connectivity index (χ3v) is 3.51. The molecule has 0 bridgehead atoms. The maximum Gasteiger partial charge on any atom is 0.254 e. The van der Waals surface area contributed by atoms with Crippen molar-refractivity contribution in [3.05, 3.63) is 28.0 Å². The lowest BCUT2D eigenvalue weighted by Crippen LogP contribution is -2.49. The van der Waals surface area contributed by atoms with Crippen LogP contribution in [0, 0.1) is 0 Å². The van der Waals surface area contributed by atoms with Crippen LogP contribution >= 0.6 is 0 Å². The van der Waals surface area contributed by atoms with Gasteiger partial charge in [0.1, 0.15) is 0 Å². The Bertz CT molecular complexity index is 521. The molecule has 0 saturated carbocycles. The highest BCUT2D eigenvalue weighted by Crippen LogP contribution is 2.16. The number of H-pyrrole nitrogens is 1. The number of pyridine rings is 1. The predicted molar refractivity (Wildman–Crippen MR) is 75.9 cm³/mol. The fraction of sp³-hybridized carbons (Fsp3) is 0.571. The van der Waals surface area contributed by atoms with Crippen LogP contribution in [-0.4, -0.2) is 46.6 Å². The van der Waals surface area contributed by atoms with E-state index in [0.717, 1.165) is 32.4 Å². The third-order valence-electron chi connectivity index (χ3n) is 3.51. The molecule has 2 rings (SSSR count). The van der Waals surface area contributed by atoms with E-state index in [1.54, 1.807) is 4.90 Å². The molecule has 1 unspecified atom stereocenters. The van der Waals surface area contributed by atoms with Crippen LogP contribution in [0.2, 0.25) is 0 Å². The van der Waals surface area contributed by atoms with E-state index in [2.05, 4.69) is 10.3 Å². The van der Waals surface area contributed by atoms with Crippen LogP contribution in [0.15, 0.2) is 16.9 Å². The van der Waals surface area contributed by atoms with Gasteiger partial charge in [-0.2, -0.15) is 0 Å². The molecule has 1 aromatic rings. The van der Waals surface area contributed by atoms with E-state index in [-0.39, 0.29) is 23.4 Å². The van der Waals surface area contributed by atoms with Crippen molar-refractivity contribution >= 4 is 5.91 Å². The van der Waals surface area contributed by atoms with Crippen LogP contribution in [0.5, 0.6) is 5.88 Å². The minimum atomic E-state index is -0.466. The second-order valence-corrected chi connectivity index (χ2v) is 5.12. The Kier molecular flexibility index (Phi) is 4.79. The summed E-state index contributed by atoms with van der Waals surface area (Å²) in [5.74, 6) is -0.471. The van der Waals surface area contributed by atoms with Crippen molar-refractivity contribution in [1.29, 1.82) is 0 Å². The van der Waals surface area contributed by atoms with Crippen LogP contribution < -0.4 is 10.9 Å². The zero-order valence-electron chi connectivity index (χ0n) is 11.7. The standard InChI is InChI=1S/C14H21N3O3/c1-2-6-17(11-4-3-5-15-9-11)14(20)10-7-12(18)16-13(19)8-10/h7-8,11,15H,2-6,9H2,1H3,(H2,16,18,19). The summed E-state index contributed by atoms with van der Waals surface area (Å²) in [6, 6.07) is 2.70. The van der Waals surface area contributed by atoms with Gasteiger partial charge in [-0.15, -0.1) is 0 Å². The van der Waals surface area contributed by atoms with Gasteiger partial charge in [-0.1, -0.05) is 6.92 Å². The molecular weight excluding hydrogens is 258 g/mol. The predicted octanol–water partition coefficient (Wildman–Crippen LogP) is 0.685. The highest BCUT2D eigenvalue weighted by Gasteiger charge is 2.26. The van der Waals surface area contributed by atoms with E-state index in [9.17, 15) is 14.7 Å². The number of hydrogen-bond acceptors (Lipinski definition) is 4. The molecule has 1 aliphatic heterocycles. The summed E-state index contributed by atoms with van der Waals surface area (Å²) in [7, 11) is 0. The van der Waals surface area contributed by atoms with Crippen LogP contribution in [0.4, 0.5) is 0 Å². The van der Waals surface area contributed by atoms with E-state index < -0.39 is 5.56 Å². The monoisotopic (exact) mass is 279 g/mol. The molecule has 0 aromatic carbocycles. The number of hydrogen-bond donors (Lipinski definition) is 3. The summed E-state index contributed by atoms with van der Waals surface area (Å²) in [5.41, 5.74) is -0.225. The minimum Gasteiger partial charge on any atom is -0.494 e. The Hall–Kier alpha value is -1.82. The average Bonchev–Trinajstić information content (AvgIpc) is 2.44. The van der Waals surface area contributed by atoms with E-state index in [0.29, 0.717) is 6.54 Å². The molecule has 1 saturated heterocycles. The number of carbonyl (C=O) groups is 1. The molecule has 2 heterocycles. The summed E-state index contributed by atoms with van der Waals surface area (Å²) in [5, 5.41) is 12.7. The molecule has 0 radical (unpaired) electrons. The van der Waals surface area contributed by atoms with E-state index in [1.165, 1.54) is 12.1 Å². The molecule has 1 aromatic heterocycles. The summed E-state index contributed by atoms with van der Waals surface area (Å²) in [4.78, 5) is 28.0. The van der Waals surface area contributed by atoms with Gasteiger partial charge in [0.15, 0.2) is 5.88 Å².